The summed E-state index contributed by atoms with van der Waals surface area (Å²) in [4.78, 5) is 15.0. The fourth-order valence-electron chi connectivity index (χ4n) is 3.66. The van der Waals surface area contributed by atoms with E-state index in [0.717, 1.165) is 5.56 Å². The second kappa shape index (κ2) is 9.73. The van der Waals surface area contributed by atoms with E-state index < -0.39 is 10.0 Å². The second-order valence-electron chi connectivity index (χ2n) is 7.99. The van der Waals surface area contributed by atoms with Crippen molar-refractivity contribution < 1.29 is 13.2 Å². The number of rotatable bonds is 7. The first-order valence-corrected chi connectivity index (χ1v) is 11.9. The molecule has 0 spiro atoms. The van der Waals surface area contributed by atoms with Gasteiger partial charge in [-0.15, -0.1) is 0 Å². The molecule has 162 valence electrons. The molecule has 6 nitrogen and oxygen atoms in total. The molecule has 0 unspecified atom stereocenters. The van der Waals surface area contributed by atoms with E-state index in [0.29, 0.717) is 37.6 Å². The Kier molecular flexibility index (Phi) is 7.28. The molecule has 0 bridgehead atoms. The van der Waals surface area contributed by atoms with Crippen LogP contribution in [0.15, 0.2) is 59.5 Å². The number of carbonyl (C=O) groups excluding carboxylic acids is 1. The van der Waals surface area contributed by atoms with Gasteiger partial charge in [-0.3, -0.25) is 9.69 Å². The lowest BCUT2D eigenvalue weighted by atomic mass is 10.0. The molecule has 0 radical (unpaired) electrons. The monoisotopic (exact) mass is 429 g/mol. The summed E-state index contributed by atoms with van der Waals surface area (Å²) in [6.07, 6.45) is 0. The van der Waals surface area contributed by atoms with Gasteiger partial charge < -0.3 is 5.32 Å². The molecule has 3 rings (SSSR count). The summed E-state index contributed by atoms with van der Waals surface area (Å²) >= 11 is 0. The van der Waals surface area contributed by atoms with Gasteiger partial charge in [0.25, 0.3) is 0 Å². The van der Waals surface area contributed by atoms with Gasteiger partial charge in [0.1, 0.15) is 0 Å². The summed E-state index contributed by atoms with van der Waals surface area (Å²) in [6.45, 7) is 8.32. The molecule has 2 aromatic rings. The van der Waals surface area contributed by atoms with Gasteiger partial charge in [0.15, 0.2) is 0 Å². The van der Waals surface area contributed by atoms with Crippen molar-refractivity contribution in [3.8, 4) is 0 Å². The summed E-state index contributed by atoms with van der Waals surface area (Å²) in [6, 6.07) is 16.7. The van der Waals surface area contributed by atoms with Gasteiger partial charge in [0.05, 0.1) is 10.9 Å². The zero-order valence-corrected chi connectivity index (χ0v) is 18.7. The highest BCUT2D eigenvalue weighted by molar-refractivity contribution is 7.89. The molecule has 1 amide bonds. The standard InChI is InChI=1S/C23H31N3O3S/c1-18-9-11-22(12-10-18)30(28,29)26-15-13-25(14-16-26)20(3)23(27)24-17-19(2)21-7-5-4-6-8-21/h4-12,19-20H,13-17H2,1-3H3,(H,24,27)/t19-,20-/m1/s1. The van der Waals surface area contributed by atoms with Gasteiger partial charge in [0.2, 0.25) is 15.9 Å². The van der Waals surface area contributed by atoms with Crippen LogP contribution in [-0.4, -0.2) is 62.3 Å². The highest BCUT2D eigenvalue weighted by Gasteiger charge is 2.31. The van der Waals surface area contributed by atoms with Crippen LogP contribution in [0.3, 0.4) is 0 Å². The maximum Gasteiger partial charge on any atom is 0.243 e. The van der Waals surface area contributed by atoms with Crippen molar-refractivity contribution in [3.63, 3.8) is 0 Å². The van der Waals surface area contributed by atoms with E-state index in [-0.39, 0.29) is 17.9 Å². The third kappa shape index (κ3) is 5.28. The topological polar surface area (TPSA) is 69.7 Å². The maximum absolute atomic E-state index is 12.8. The first kappa shape index (κ1) is 22.5. The molecule has 2 atom stereocenters. The van der Waals surface area contributed by atoms with E-state index in [1.54, 1.807) is 12.1 Å². The Balaban J connectivity index is 1.51. The number of sulfonamides is 1. The number of nitrogens with zero attached hydrogens (tertiary/aromatic N) is 2. The Morgan fingerprint density at radius 1 is 0.967 bits per heavy atom. The number of piperazine rings is 1. The van der Waals surface area contributed by atoms with Crippen LogP contribution in [0.25, 0.3) is 0 Å². The quantitative estimate of drug-likeness (QED) is 0.735. The molecule has 0 aliphatic carbocycles. The van der Waals surface area contributed by atoms with Crippen molar-refractivity contribution in [2.24, 2.45) is 0 Å². The SMILES string of the molecule is Cc1ccc(S(=O)(=O)N2CCN([C@H](C)C(=O)NC[C@@H](C)c3ccccc3)CC2)cc1. The van der Waals surface area contributed by atoms with Crippen LogP contribution in [0.2, 0.25) is 0 Å². The molecule has 1 N–H and O–H groups in total. The third-order valence-corrected chi connectivity index (χ3v) is 7.72. The minimum absolute atomic E-state index is 0.0207. The molecule has 1 saturated heterocycles. The van der Waals surface area contributed by atoms with Crippen molar-refractivity contribution >= 4 is 15.9 Å². The highest BCUT2D eigenvalue weighted by Crippen LogP contribution is 2.19. The maximum atomic E-state index is 12.8. The van der Waals surface area contributed by atoms with Crippen LogP contribution in [0.1, 0.15) is 30.9 Å². The molecule has 1 aliphatic rings. The summed E-state index contributed by atoms with van der Waals surface area (Å²) < 4.78 is 27.2. The van der Waals surface area contributed by atoms with E-state index >= 15 is 0 Å². The zero-order chi connectivity index (χ0) is 21.7. The molecular formula is C23H31N3O3S. The normalized spacial score (nSPS) is 18.0. The van der Waals surface area contributed by atoms with Gasteiger partial charge in [-0.25, -0.2) is 8.42 Å². The minimum Gasteiger partial charge on any atom is -0.354 e. The van der Waals surface area contributed by atoms with Crippen molar-refractivity contribution in [2.75, 3.05) is 32.7 Å². The van der Waals surface area contributed by atoms with Crippen molar-refractivity contribution in [3.05, 3.63) is 65.7 Å². The summed E-state index contributed by atoms with van der Waals surface area (Å²) in [5, 5.41) is 3.04. The largest absolute Gasteiger partial charge is 0.354 e. The van der Waals surface area contributed by atoms with Crippen LogP contribution < -0.4 is 5.32 Å². The van der Waals surface area contributed by atoms with E-state index in [1.807, 2.05) is 49.1 Å². The van der Waals surface area contributed by atoms with Crippen LogP contribution >= 0.6 is 0 Å². The lowest BCUT2D eigenvalue weighted by molar-refractivity contribution is -0.126. The molecule has 1 fully saturated rings. The predicted octanol–water partition coefficient (Wildman–Crippen LogP) is 2.61. The minimum atomic E-state index is -3.49. The van der Waals surface area contributed by atoms with Crippen LogP contribution in [0, 0.1) is 6.92 Å². The predicted molar refractivity (Wildman–Crippen MR) is 119 cm³/mol. The highest BCUT2D eigenvalue weighted by atomic mass is 32.2. The molecule has 0 saturated carbocycles. The fourth-order valence-corrected chi connectivity index (χ4v) is 5.08. The number of aryl methyl sites for hydroxylation is 1. The summed E-state index contributed by atoms with van der Waals surface area (Å²) in [5.74, 6) is 0.214. The molecular weight excluding hydrogens is 398 g/mol. The summed E-state index contributed by atoms with van der Waals surface area (Å²) in [5.41, 5.74) is 2.22. The van der Waals surface area contributed by atoms with Crippen LogP contribution in [-0.2, 0) is 14.8 Å². The molecule has 1 aliphatic heterocycles. The Morgan fingerprint density at radius 3 is 2.17 bits per heavy atom. The van der Waals surface area contributed by atoms with Crippen LogP contribution in [0.4, 0.5) is 0 Å². The lowest BCUT2D eigenvalue weighted by Gasteiger charge is -2.36. The molecule has 30 heavy (non-hydrogen) atoms. The number of benzene rings is 2. The number of hydrogen-bond donors (Lipinski definition) is 1. The third-order valence-electron chi connectivity index (χ3n) is 5.81. The molecule has 2 aromatic carbocycles. The molecule has 7 heteroatoms. The zero-order valence-electron chi connectivity index (χ0n) is 17.9. The van der Waals surface area contributed by atoms with E-state index in [4.69, 9.17) is 0 Å². The Bertz CT molecular complexity index is 937. The number of carbonyl (C=O) groups is 1. The van der Waals surface area contributed by atoms with E-state index in [2.05, 4.69) is 24.4 Å². The van der Waals surface area contributed by atoms with Gasteiger partial charge >= 0.3 is 0 Å². The Labute approximate surface area is 179 Å². The number of amides is 1. The first-order chi connectivity index (χ1) is 14.3. The van der Waals surface area contributed by atoms with Gasteiger partial charge in [0, 0.05) is 32.7 Å². The summed E-state index contributed by atoms with van der Waals surface area (Å²) in [7, 11) is -3.49. The van der Waals surface area contributed by atoms with Gasteiger partial charge in [-0.2, -0.15) is 4.31 Å². The number of nitrogens with one attached hydrogen (secondary N) is 1. The van der Waals surface area contributed by atoms with Crippen LogP contribution in [0.5, 0.6) is 0 Å². The Hall–Kier alpha value is -2.22. The molecule has 0 aromatic heterocycles. The molecule has 1 heterocycles. The second-order valence-corrected chi connectivity index (χ2v) is 9.92. The smallest absolute Gasteiger partial charge is 0.243 e. The average Bonchev–Trinajstić information content (AvgIpc) is 2.77. The van der Waals surface area contributed by atoms with E-state index in [9.17, 15) is 13.2 Å². The lowest BCUT2D eigenvalue weighted by Crippen LogP contribution is -2.55. The van der Waals surface area contributed by atoms with Crippen molar-refractivity contribution in [1.29, 1.82) is 0 Å². The number of hydrogen-bond acceptors (Lipinski definition) is 4. The first-order valence-electron chi connectivity index (χ1n) is 10.4. The van der Waals surface area contributed by atoms with Crippen molar-refractivity contribution in [1.82, 2.24) is 14.5 Å². The van der Waals surface area contributed by atoms with Gasteiger partial charge in [-0.05, 0) is 37.5 Å². The van der Waals surface area contributed by atoms with Crippen molar-refractivity contribution in [2.45, 2.75) is 37.6 Å². The Morgan fingerprint density at radius 2 is 1.57 bits per heavy atom. The average molecular weight is 430 g/mol. The van der Waals surface area contributed by atoms with E-state index in [1.165, 1.54) is 9.87 Å². The van der Waals surface area contributed by atoms with Gasteiger partial charge in [-0.1, -0.05) is 55.0 Å². The fraction of sp³-hybridized carbons (Fsp3) is 0.435.